The number of aromatic nitrogens is 1. The number of benzene rings is 2. The van der Waals surface area contributed by atoms with Gasteiger partial charge < -0.3 is 15.2 Å². The van der Waals surface area contributed by atoms with Crippen LogP contribution < -0.4 is 5.32 Å². The van der Waals surface area contributed by atoms with E-state index in [4.69, 9.17) is 0 Å². The first-order chi connectivity index (χ1) is 15.8. The van der Waals surface area contributed by atoms with Crippen LogP contribution in [0.3, 0.4) is 0 Å². The zero-order valence-corrected chi connectivity index (χ0v) is 19.1. The van der Waals surface area contributed by atoms with Crippen molar-refractivity contribution in [2.24, 2.45) is 0 Å². The number of nitrogens with zero attached hydrogens (tertiary/aromatic N) is 2. The highest BCUT2D eigenvalue weighted by Gasteiger charge is 2.60. The van der Waals surface area contributed by atoms with Crippen molar-refractivity contribution in [2.75, 3.05) is 6.54 Å². The molecular weight excluding hydrogens is 416 g/mol. The van der Waals surface area contributed by atoms with Crippen molar-refractivity contribution < 1.29 is 14.4 Å². The molecule has 4 amide bonds. The van der Waals surface area contributed by atoms with Crippen molar-refractivity contribution in [1.29, 1.82) is 0 Å². The summed E-state index contributed by atoms with van der Waals surface area (Å²) in [7, 11) is 0. The fourth-order valence-corrected chi connectivity index (χ4v) is 5.26. The molecule has 170 valence electrons. The molecule has 3 aromatic rings. The predicted octanol–water partition coefficient (Wildman–Crippen LogP) is 3.34. The van der Waals surface area contributed by atoms with Gasteiger partial charge in [0.05, 0.1) is 5.69 Å². The van der Waals surface area contributed by atoms with Crippen LogP contribution in [0.2, 0.25) is 0 Å². The first-order valence-electron chi connectivity index (χ1n) is 11.4. The van der Waals surface area contributed by atoms with Crippen LogP contribution in [-0.2, 0) is 28.0 Å². The Kier molecular flexibility index (Phi) is 5.00. The number of imide groups is 1. The van der Waals surface area contributed by atoms with Gasteiger partial charge in [-0.25, -0.2) is 9.69 Å². The minimum Gasteiger partial charge on any atom is -0.356 e. The second-order valence-electron chi connectivity index (χ2n) is 9.23. The fraction of sp³-hybridized carbons (Fsp3) is 0.346. The maximum absolute atomic E-state index is 13.7. The monoisotopic (exact) mass is 444 g/mol. The number of H-pyrrole nitrogens is 1. The molecule has 2 aromatic carbocycles. The molecule has 1 saturated heterocycles. The Labute approximate surface area is 192 Å². The summed E-state index contributed by atoms with van der Waals surface area (Å²) in [5.74, 6) is -0.696. The van der Waals surface area contributed by atoms with Crippen molar-refractivity contribution in [2.45, 2.75) is 51.2 Å². The molecule has 0 spiro atoms. The molecule has 3 unspecified atom stereocenters. The Morgan fingerprint density at radius 2 is 1.79 bits per heavy atom. The van der Waals surface area contributed by atoms with Crippen LogP contribution in [0.25, 0.3) is 10.9 Å². The second kappa shape index (κ2) is 7.76. The summed E-state index contributed by atoms with van der Waals surface area (Å²) in [5, 5.41) is 4.05. The van der Waals surface area contributed by atoms with Gasteiger partial charge in [-0.15, -0.1) is 0 Å². The van der Waals surface area contributed by atoms with Gasteiger partial charge in [0.2, 0.25) is 5.91 Å². The molecule has 0 saturated carbocycles. The molecule has 2 N–H and O–H groups in total. The molecule has 2 aliphatic heterocycles. The van der Waals surface area contributed by atoms with E-state index in [1.165, 1.54) is 0 Å². The van der Waals surface area contributed by atoms with Gasteiger partial charge in [-0.1, -0.05) is 48.5 Å². The zero-order valence-electron chi connectivity index (χ0n) is 19.1. The molecule has 0 bridgehead atoms. The van der Waals surface area contributed by atoms with Crippen molar-refractivity contribution in [3.8, 4) is 0 Å². The Balaban J connectivity index is 1.39. The lowest BCUT2D eigenvalue weighted by Gasteiger charge is -2.36. The average molecular weight is 445 g/mol. The minimum absolute atomic E-state index is 0.131. The van der Waals surface area contributed by atoms with Gasteiger partial charge in [0.1, 0.15) is 6.04 Å². The van der Waals surface area contributed by atoms with E-state index in [0.717, 1.165) is 32.6 Å². The molecule has 33 heavy (non-hydrogen) atoms. The van der Waals surface area contributed by atoms with E-state index in [0.29, 0.717) is 19.4 Å². The summed E-state index contributed by atoms with van der Waals surface area (Å²) in [6.45, 7) is 5.76. The molecule has 1 fully saturated rings. The van der Waals surface area contributed by atoms with E-state index in [2.05, 4.69) is 10.3 Å². The first kappa shape index (κ1) is 21.2. The Hall–Kier alpha value is -3.61. The van der Waals surface area contributed by atoms with Crippen molar-refractivity contribution in [3.05, 3.63) is 71.4 Å². The SMILES string of the molecule is CC(Cc1ccccc1)NC(=O)C(C)N1C(=O)N2CCc3c([nH]c4ccccc34)C2(C)C1=O. The van der Waals surface area contributed by atoms with Gasteiger partial charge in [-0.3, -0.25) is 9.59 Å². The second-order valence-corrected chi connectivity index (χ2v) is 9.23. The number of para-hydroxylation sites is 1. The van der Waals surface area contributed by atoms with E-state index in [9.17, 15) is 14.4 Å². The van der Waals surface area contributed by atoms with E-state index < -0.39 is 17.6 Å². The number of amides is 4. The number of hydrogen-bond acceptors (Lipinski definition) is 3. The van der Waals surface area contributed by atoms with E-state index in [1.54, 1.807) is 18.7 Å². The Bertz CT molecular complexity index is 1250. The third-order valence-corrected chi connectivity index (χ3v) is 7.04. The number of hydrogen-bond donors (Lipinski definition) is 2. The van der Waals surface area contributed by atoms with Gasteiger partial charge >= 0.3 is 6.03 Å². The highest BCUT2D eigenvalue weighted by Crippen LogP contribution is 2.44. The molecule has 7 nitrogen and oxygen atoms in total. The van der Waals surface area contributed by atoms with Crippen LogP contribution in [0.5, 0.6) is 0 Å². The Morgan fingerprint density at radius 1 is 1.09 bits per heavy atom. The topological polar surface area (TPSA) is 85.5 Å². The molecule has 1 aromatic heterocycles. The van der Waals surface area contributed by atoms with Gasteiger partial charge in [0.15, 0.2) is 5.54 Å². The molecule has 2 aliphatic rings. The third kappa shape index (κ3) is 3.22. The lowest BCUT2D eigenvalue weighted by molar-refractivity contribution is -0.139. The van der Waals surface area contributed by atoms with Crippen LogP contribution in [0.15, 0.2) is 54.6 Å². The number of urea groups is 1. The van der Waals surface area contributed by atoms with Gasteiger partial charge in [0, 0.05) is 23.5 Å². The molecule has 0 aliphatic carbocycles. The van der Waals surface area contributed by atoms with Crippen LogP contribution in [-0.4, -0.2) is 51.3 Å². The maximum Gasteiger partial charge on any atom is 0.328 e. The third-order valence-electron chi connectivity index (χ3n) is 7.04. The standard InChI is InChI=1S/C26H28N4O3/c1-16(15-18-9-5-4-6-10-18)27-23(31)17(2)30-24(32)26(3)22-20(13-14-29(26)25(30)33)19-11-7-8-12-21(19)28-22/h4-12,16-17,28H,13-15H2,1-3H3,(H,27,31). The summed E-state index contributed by atoms with van der Waals surface area (Å²) < 4.78 is 0. The number of carbonyl (C=O) groups is 3. The van der Waals surface area contributed by atoms with Crippen LogP contribution in [0.4, 0.5) is 4.79 Å². The van der Waals surface area contributed by atoms with Crippen LogP contribution in [0.1, 0.15) is 37.6 Å². The lowest BCUT2D eigenvalue weighted by atomic mass is 9.87. The van der Waals surface area contributed by atoms with Gasteiger partial charge in [0.25, 0.3) is 5.91 Å². The normalized spacial score (nSPS) is 21.7. The lowest BCUT2D eigenvalue weighted by Crippen LogP contribution is -2.51. The minimum atomic E-state index is -1.14. The highest BCUT2D eigenvalue weighted by atomic mass is 16.2. The summed E-state index contributed by atoms with van der Waals surface area (Å²) in [6.07, 6.45) is 1.33. The number of rotatable bonds is 5. The maximum atomic E-state index is 13.7. The van der Waals surface area contributed by atoms with E-state index >= 15 is 0 Å². The average Bonchev–Trinajstić information content (AvgIpc) is 3.28. The van der Waals surface area contributed by atoms with Crippen molar-refractivity contribution in [1.82, 2.24) is 20.1 Å². The number of fused-ring (bicyclic) bond motifs is 5. The summed E-state index contributed by atoms with van der Waals surface area (Å²) in [4.78, 5) is 46.2. The summed E-state index contributed by atoms with van der Waals surface area (Å²) in [5.41, 5.74) is 2.74. The summed E-state index contributed by atoms with van der Waals surface area (Å²) in [6, 6.07) is 16.4. The van der Waals surface area contributed by atoms with Crippen LogP contribution in [0, 0.1) is 0 Å². The molecular formula is C26H28N4O3. The summed E-state index contributed by atoms with van der Waals surface area (Å²) >= 11 is 0. The van der Waals surface area contributed by atoms with E-state index in [1.807, 2.05) is 61.5 Å². The highest BCUT2D eigenvalue weighted by molar-refractivity contribution is 6.10. The van der Waals surface area contributed by atoms with Crippen LogP contribution >= 0.6 is 0 Å². The number of aromatic amines is 1. The zero-order chi connectivity index (χ0) is 23.3. The molecule has 3 atom stereocenters. The van der Waals surface area contributed by atoms with Gasteiger partial charge in [-0.05, 0) is 50.8 Å². The van der Waals surface area contributed by atoms with Crippen molar-refractivity contribution in [3.63, 3.8) is 0 Å². The fourth-order valence-electron chi connectivity index (χ4n) is 5.26. The molecule has 5 rings (SSSR count). The largest absolute Gasteiger partial charge is 0.356 e. The number of carbonyl (C=O) groups excluding carboxylic acids is 3. The predicted molar refractivity (Wildman–Crippen MR) is 126 cm³/mol. The molecule has 0 radical (unpaired) electrons. The number of nitrogens with one attached hydrogen (secondary N) is 2. The first-order valence-corrected chi connectivity index (χ1v) is 11.4. The van der Waals surface area contributed by atoms with Gasteiger partial charge in [-0.2, -0.15) is 0 Å². The quantitative estimate of drug-likeness (QED) is 0.592. The Morgan fingerprint density at radius 3 is 2.55 bits per heavy atom. The molecule has 3 heterocycles. The van der Waals surface area contributed by atoms with E-state index in [-0.39, 0.29) is 17.9 Å². The smallest absolute Gasteiger partial charge is 0.328 e. The van der Waals surface area contributed by atoms with Crippen molar-refractivity contribution >= 4 is 28.7 Å². The molecule has 7 heteroatoms.